The molecule has 0 atom stereocenters. The van der Waals surface area contributed by atoms with Gasteiger partial charge in [0.2, 0.25) is 9.84 Å². The van der Waals surface area contributed by atoms with Crippen molar-refractivity contribution in [3.05, 3.63) is 84.1 Å². The van der Waals surface area contributed by atoms with Crippen LogP contribution in [-0.2, 0) is 16.4 Å². The van der Waals surface area contributed by atoms with Gasteiger partial charge in [0.25, 0.3) is 5.91 Å². The summed E-state index contributed by atoms with van der Waals surface area (Å²) in [4.78, 5) is 19.3. The smallest absolute Gasteiger partial charge is 0.267 e. The van der Waals surface area contributed by atoms with Crippen LogP contribution in [-0.4, -0.2) is 31.4 Å². The van der Waals surface area contributed by atoms with Gasteiger partial charge >= 0.3 is 0 Å². The number of ether oxygens (including phenoxy) is 1. The molecule has 4 rings (SSSR count). The number of rotatable bonds is 6. The molecular formula is C22H18FN3O4S. The van der Waals surface area contributed by atoms with E-state index in [2.05, 4.69) is 15.3 Å². The Labute approximate surface area is 177 Å². The molecule has 1 amide bonds. The number of fused-ring (bicyclic) bond motifs is 1. The van der Waals surface area contributed by atoms with E-state index < -0.39 is 15.7 Å². The second kappa shape index (κ2) is 8.19. The third-order valence-electron chi connectivity index (χ3n) is 4.79. The third-order valence-corrected chi connectivity index (χ3v) is 6.55. The fourth-order valence-corrected chi connectivity index (χ4v) is 4.38. The van der Waals surface area contributed by atoms with Crippen molar-refractivity contribution < 1.29 is 22.3 Å². The summed E-state index contributed by atoms with van der Waals surface area (Å²) in [5.74, 6) is -1.08. The Balaban J connectivity index is 1.46. The van der Waals surface area contributed by atoms with E-state index in [-0.39, 0.29) is 28.0 Å². The minimum Gasteiger partial charge on any atom is -0.494 e. The summed E-state index contributed by atoms with van der Waals surface area (Å²) < 4.78 is 44.2. The predicted molar refractivity (Wildman–Crippen MR) is 112 cm³/mol. The number of nitrogens with one attached hydrogen (secondary N) is 2. The fraction of sp³-hybridized carbons (Fsp3) is 0.0909. The minimum absolute atomic E-state index is 0.0234. The molecule has 0 aliphatic rings. The van der Waals surface area contributed by atoms with Gasteiger partial charge in [-0.2, -0.15) is 0 Å². The van der Waals surface area contributed by atoms with Gasteiger partial charge in [0.1, 0.15) is 5.69 Å². The van der Waals surface area contributed by atoms with Crippen molar-refractivity contribution in [1.82, 2.24) is 15.3 Å². The number of halogens is 1. The number of methoxy groups -OCH3 is 1. The van der Waals surface area contributed by atoms with Gasteiger partial charge in [-0.25, -0.2) is 12.8 Å². The van der Waals surface area contributed by atoms with Crippen LogP contribution in [0, 0.1) is 5.82 Å². The van der Waals surface area contributed by atoms with Gasteiger partial charge in [-0.1, -0.05) is 12.1 Å². The topological polar surface area (TPSA) is 101 Å². The first-order valence-corrected chi connectivity index (χ1v) is 10.8. The molecule has 0 unspecified atom stereocenters. The first-order valence-electron chi connectivity index (χ1n) is 9.27. The number of carbonyl (C=O) groups excluding carboxylic acids is 1. The van der Waals surface area contributed by atoms with E-state index in [0.717, 1.165) is 17.0 Å². The highest BCUT2D eigenvalue weighted by molar-refractivity contribution is 7.91. The number of aromatic amines is 1. The summed E-state index contributed by atoms with van der Waals surface area (Å²) in [5, 5.41) is 3.61. The normalized spacial score (nSPS) is 11.4. The van der Waals surface area contributed by atoms with Crippen LogP contribution in [0.25, 0.3) is 10.9 Å². The van der Waals surface area contributed by atoms with Crippen LogP contribution < -0.4 is 10.1 Å². The average Bonchev–Trinajstić information content (AvgIpc) is 3.22. The molecule has 0 saturated heterocycles. The molecule has 0 aliphatic heterocycles. The number of nitrogens with zero attached hydrogens (tertiary/aromatic N) is 1. The zero-order valence-electron chi connectivity index (χ0n) is 16.4. The van der Waals surface area contributed by atoms with Crippen LogP contribution in [0.4, 0.5) is 4.39 Å². The van der Waals surface area contributed by atoms with E-state index in [1.807, 2.05) is 0 Å². The molecule has 2 aromatic carbocycles. The van der Waals surface area contributed by atoms with Gasteiger partial charge in [0.15, 0.2) is 11.6 Å². The van der Waals surface area contributed by atoms with Crippen molar-refractivity contribution in [3.8, 4) is 5.75 Å². The van der Waals surface area contributed by atoms with Crippen molar-refractivity contribution in [3.63, 3.8) is 0 Å². The lowest BCUT2D eigenvalue weighted by atomic mass is 10.2. The van der Waals surface area contributed by atoms with Crippen molar-refractivity contribution in [1.29, 1.82) is 0 Å². The zero-order chi connectivity index (χ0) is 22.0. The SMILES string of the molecule is COc1ccc(S(=O)(=O)c2ccc(CNC(=O)c3cc4cnccc4[nH]3)cc2)cc1F. The molecule has 2 N–H and O–H groups in total. The third kappa shape index (κ3) is 4.13. The number of hydrogen-bond acceptors (Lipinski definition) is 5. The summed E-state index contributed by atoms with van der Waals surface area (Å²) in [6.07, 6.45) is 3.30. The van der Waals surface area contributed by atoms with Gasteiger partial charge in [0.05, 0.1) is 16.9 Å². The number of carbonyl (C=O) groups is 1. The maximum absolute atomic E-state index is 13.9. The fourth-order valence-electron chi connectivity index (χ4n) is 3.11. The quantitative estimate of drug-likeness (QED) is 0.479. The van der Waals surface area contributed by atoms with Gasteiger partial charge in [-0.05, 0) is 48.0 Å². The maximum Gasteiger partial charge on any atom is 0.267 e. The molecule has 2 heterocycles. The van der Waals surface area contributed by atoms with E-state index in [1.54, 1.807) is 36.7 Å². The first kappa shape index (κ1) is 20.5. The number of pyridine rings is 1. The van der Waals surface area contributed by atoms with Crippen molar-refractivity contribution in [2.45, 2.75) is 16.3 Å². The first-order chi connectivity index (χ1) is 14.9. The molecule has 0 saturated carbocycles. The van der Waals surface area contributed by atoms with Crippen LogP contribution in [0.15, 0.2) is 76.8 Å². The lowest BCUT2D eigenvalue weighted by Crippen LogP contribution is -2.23. The number of amides is 1. The number of H-pyrrole nitrogens is 1. The summed E-state index contributed by atoms with van der Waals surface area (Å²) in [7, 11) is -2.58. The van der Waals surface area contributed by atoms with Crippen molar-refractivity contribution >= 4 is 26.6 Å². The van der Waals surface area contributed by atoms with Crippen molar-refractivity contribution in [2.75, 3.05) is 7.11 Å². The second-order valence-electron chi connectivity index (χ2n) is 6.77. The highest BCUT2D eigenvalue weighted by Crippen LogP contribution is 2.26. The lowest BCUT2D eigenvalue weighted by molar-refractivity contribution is 0.0946. The molecule has 9 heteroatoms. The predicted octanol–water partition coefficient (Wildman–Crippen LogP) is 3.47. The molecule has 2 aromatic heterocycles. The average molecular weight is 439 g/mol. The molecule has 0 radical (unpaired) electrons. The molecule has 158 valence electrons. The number of sulfone groups is 1. The Bertz CT molecular complexity index is 1330. The van der Waals surface area contributed by atoms with Crippen LogP contribution in [0.5, 0.6) is 5.75 Å². The van der Waals surface area contributed by atoms with Crippen LogP contribution >= 0.6 is 0 Å². The molecular weight excluding hydrogens is 421 g/mol. The molecule has 31 heavy (non-hydrogen) atoms. The highest BCUT2D eigenvalue weighted by Gasteiger charge is 2.19. The summed E-state index contributed by atoms with van der Waals surface area (Å²) >= 11 is 0. The summed E-state index contributed by atoms with van der Waals surface area (Å²) in [6, 6.07) is 13.0. The molecule has 7 nitrogen and oxygen atoms in total. The summed E-state index contributed by atoms with van der Waals surface area (Å²) in [6.45, 7) is 0.212. The van der Waals surface area contributed by atoms with Gasteiger partial charge in [-0.15, -0.1) is 0 Å². The standard InChI is InChI=1S/C22H18FN3O4S/c1-30-21-7-6-17(11-18(21)23)31(28,29)16-4-2-14(3-5-16)12-25-22(27)20-10-15-13-24-9-8-19(15)26-20/h2-11,13,26H,12H2,1H3,(H,25,27). The highest BCUT2D eigenvalue weighted by atomic mass is 32.2. The molecule has 0 fully saturated rings. The Morgan fingerprint density at radius 3 is 2.52 bits per heavy atom. The van der Waals surface area contributed by atoms with Gasteiger partial charge in [0, 0.05) is 29.8 Å². The number of hydrogen-bond donors (Lipinski definition) is 2. The van der Waals surface area contributed by atoms with Crippen LogP contribution in [0.3, 0.4) is 0 Å². The largest absolute Gasteiger partial charge is 0.494 e. The molecule has 0 aliphatic carbocycles. The molecule has 4 aromatic rings. The van der Waals surface area contributed by atoms with E-state index in [4.69, 9.17) is 4.74 Å². The Morgan fingerprint density at radius 1 is 1.10 bits per heavy atom. The molecule has 0 spiro atoms. The van der Waals surface area contributed by atoms with E-state index in [0.29, 0.717) is 11.3 Å². The Hall–Kier alpha value is -3.72. The van der Waals surface area contributed by atoms with Gasteiger partial charge < -0.3 is 15.0 Å². The zero-order valence-corrected chi connectivity index (χ0v) is 17.2. The maximum atomic E-state index is 13.9. The molecule has 0 bridgehead atoms. The Morgan fingerprint density at radius 2 is 1.84 bits per heavy atom. The van der Waals surface area contributed by atoms with E-state index >= 15 is 0 Å². The minimum atomic E-state index is -3.89. The van der Waals surface area contributed by atoms with E-state index in [1.165, 1.54) is 31.4 Å². The number of benzene rings is 2. The second-order valence-corrected chi connectivity index (χ2v) is 8.72. The van der Waals surface area contributed by atoms with Gasteiger partial charge in [-0.3, -0.25) is 9.78 Å². The Kier molecular flexibility index (Phi) is 5.43. The lowest BCUT2D eigenvalue weighted by Gasteiger charge is -2.08. The van der Waals surface area contributed by atoms with Crippen molar-refractivity contribution in [2.24, 2.45) is 0 Å². The van der Waals surface area contributed by atoms with Crippen LogP contribution in [0.2, 0.25) is 0 Å². The van der Waals surface area contributed by atoms with Crippen LogP contribution in [0.1, 0.15) is 16.1 Å². The number of aromatic nitrogens is 2. The van der Waals surface area contributed by atoms with E-state index in [9.17, 15) is 17.6 Å². The monoisotopic (exact) mass is 439 g/mol. The summed E-state index contributed by atoms with van der Waals surface area (Å²) in [5.41, 5.74) is 1.93.